The number of rotatable bonds is 5. The van der Waals surface area contributed by atoms with Crippen molar-refractivity contribution in [1.82, 2.24) is 15.8 Å². The summed E-state index contributed by atoms with van der Waals surface area (Å²) in [5.41, 5.74) is 6.53. The molecule has 0 spiro atoms. The van der Waals surface area contributed by atoms with Gasteiger partial charge in [-0.25, -0.2) is 0 Å². The zero-order valence-corrected chi connectivity index (χ0v) is 14.0. The Morgan fingerprint density at radius 1 is 1.00 bits per heavy atom. The second-order valence-corrected chi connectivity index (χ2v) is 5.81. The molecule has 0 aliphatic rings. The number of ether oxygens (including phenoxy) is 1. The minimum absolute atomic E-state index is 0.155. The maximum absolute atomic E-state index is 12.0. The van der Waals surface area contributed by atoms with Crippen LogP contribution in [0.2, 0.25) is 5.02 Å². The summed E-state index contributed by atoms with van der Waals surface area (Å²) in [5.74, 6) is -0.253. The third kappa shape index (κ3) is 4.51. The van der Waals surface area contributed by atoms with E-state index < -0.39 is 5.91 Å². The monoisotopic (exact) mass is 357 g/mol. The largest absolute Gasteiger partial charge is 0.484 e. The summed E-state index contributed by atoms with van der Waals surface area (Å²) < 4.78 is 5.29. The van der Waals surface area contributed by atoms with Crippen LogP contribution in [0, 0.1) is 0 Å². The summed E-state index contributed by atoms with van der Waals surface area (Å²) in [5, 5.41) is 1.57. The van der Waals surface area contributed by atoms with Gasteiger partial charge in [-0.2, -0.15) is 0 Å². The number of H-pyrrole nitrogens is 1. The fourth-order valence-electron chi connectivity index (χ4n) is 2.35. The molecule has 25 heavy (non-hydrogen) atoms. The zero-order valence-electron chi connectivity index (χ0n) is 13.2. The van der Waals surface area contributed by atoms with Crippen LogP contribution in [-0.4, -0.2) is 23.4 Å². The fourth-order valence-corrected chi connectivity index (χ4v) is 2.48. The zero-order chi connectivity index (χ0) is 17.6. The maximum atomic E-state index is 12.0. The number of hydrogen-bond acceptors (Lipinski definition) is 3. The van der Waals surface area contributed by atoms with Crippen LogP contribution >= 0.6 is 11.6 Å². The van der Waals surface area contributed by atoms with Gasteiger partial charge in [0.05, 0.1) is 6.42 Å². The lowest BCUT2D eigenvalue weighted by molar-refractivity contribution is -0.129. The number of carbonyl (C=O) groups excluding carboxylic acids is 2. The van der Waals surface area contributed by atoms with Crippen LogP contribution in [0.3, 0.4) is 0 Å². The molecule has 0 saturated heterocycles. The Hall–Kier alpha value is -2.99. The van der Waals surface area contributed by atoms with Gasteiger partial charge in [0, 0.05) is 22.1 Å². The molecular weight excluding hydrogens is 342 g/mol. The van der Waals surface area contributed by atoms with Gasteiger partial charge in [0.1, 0.15) is 5.75 Å². The van der Waals surface area contributed by atoms with Crippen LogP contribution in [0.1, 0.15) is 5.56 Å². The number of halogens is 1. The fraction of sp³-hybridized carbons (Fsp3) is 0.111. The number of aromatic nitrogens is 1. The van der Waals surface area contributed by atoms with Gasteiger partial charge in [-0.05, 0) is 35.9 Å². The highest BCUT2D eigenvalue weighted by Gasteiger charge is 2.10. The molecule has 3 aromatic rings. The van der Waals surface area contributed by atoms with E-state index in [0.29, 0.717) is 10.8 Å². The molecule has 1 heterocycles. The van der Waals surface area contributed by atoms with Crippen molar-refractivity contribution in [2.75, 3.05) is 6.61 Å². The minimum Gasteiger partial charge on any atom is -0.484 e. The van der Waals surface area contributed by atoms with Gasteiger partial charge >= 0.3 is 0 Å². The maximum Gasteiger partial charge on any atom is 0.276 e. The summed E-state index contributed by atoms with van der Waals surface area (Å²) in [6.45, 7) is -0.213. The molecule has 0 unspecified atom stereocenters. The smallest absolute Gasteiger partial charge is 0.276 e. The van der Waals surface area contributed by atoms with Crippen molar-refractivity contribution in [1.29, 1.82) is 0 Å². The van der Waals surface area contributed by atoms with Crippen LogP contribution in [0.25, 0.3) is 10.9 Å². The Kier molecular flexibility index (Phi) is 5.20. The van der Waals surface area contributed by atoms with E-state index in [9.17, 15) is 9.59 Å². The quantitative estimate of drug-likeness (QED) is 0.614. The summed E-state index contributed by atoms with van der Waals surface area (Å²) >= 11 is 5.77. The first-order valence-corrected chi connectivity index (χ1v) is 8.00. The van der Waals surface area contributed by atoms with E-state index in [2.05, 4.69) is 15.8 Å². The van der Waals surface area contributed by atoms with Crippen LogP contribution in [0.15, 0.2) is 54.7 Å². The Morgan fingerprint density at radius 2 is 1.72 bits per heavy atom. The van der Waals surface area contributed by atoms with Crippen molar-refractivity contribution in [2.45, 2.75) is 6.42 Å². The van der Waals surface area contributed by atoms with E-state index in [1.54, 1.807) is 30.5 Å². The van der Waals surface area contributed by atoms with Gasteiger partial charge in [0.15, 0.2) is 6.61 Å². The third-order valence-electron chi connectivity index (χ3n) is 3.55. The molecule has 2 aromatic carbocycles. The number of hydrogen-bond donors (Lipinski definition) is 3. The topological polar surface area (TPSA) is 83.2 Å². The molecule has 1 aromatic heterocycles. The van der Waals surface area contributed by atoms with Crippen molar-refractivity contribution >= 4 is 34.3 Å². The number of amides is 2. The van der Waals surface area contributed by atoms with E-state index >= 15 is 0 Å². The second-order valence-electron chi connectivity index (χ2n) is 5.38. The first-order chi connectivity index (χ1) is 12.1. The molecule has 7 heteroatoms. The second kappa shape index (κ2) is 7.72. The first-order valence-electron chi connectivity index (χ1n) is 7.63. The van der Waals surface area contributed by atoms with Gasteiger partial charge in [0.2, 0.25) is 5.91 Å². The number of hydrazine groups is 1. The Labute approximate surface area is 149 Å². The highest BCUT2D eigenvalue weighted by Crippen LogP contribution is 2.18. The van der Waals surface area contributed by atoms with Crippen molar-refractivity contribution < 1.29 is 14.3 Å². The van der Waals surface area contributed by atoms with Gasteiger partial charge in [-0.3, -0.25) is 20.4 Å². The number of fused-ring (bicyclic) bond motifs is 1. The lowest BCUT2D eigenvalue weighted by atomic mass is 10.1. The molecule has 0 bridgehead atoms. The molecule has 0 saturated carbocycles. The average molecular weight is 358 g/mol. The molecular formula is C18H16ClN3O3. The predicted octanol–water partition coefficient (Wildman–Crippen LogP) is 2.59. The average Bonchev–Trinajstić information content (AvgIpc) is 3.02. The number of carbonyl (C=O) groups is 2. The number of benzene rings is 2. The predicted molar refractivity (Wildman–Crippen MR) is 95.2 cm³/mol. The van der Waals surface area contributed by atoms with Gasteiger partial charge in [-0.15, -0.1) is 0 Å². The van der Waals surface area contributed by atoms with Gasteiger partial charge in [-0.1, -0.05) is 29.8 Å². The van der Waals surface area contributed by atoms with Gasteiger partial charge in [0.25, 0.3) is 5.91 Å². The lowest BCUT2D eigenvalue weighted by Gasteiger charge is -2.08. The summed E-state index contributed by atoms with van der Waals surface area (Å²) in [6, 6.07) is 14.3. The molecule has 3 N–H and O–H groups in total. The summed E-state index contributed by atoms with van der Waals surface area (Å²) in [4.78, 5) is 26.8. The van der Waals surface area contributed by atoms with Gasteiger partial charge < -0.3 is 9.72 Å². The molecule has 3 rings (SSSR count). The van der Waals surface area contributed by atoms with E-state index in [4.69, 9.17) is 16.3 Å². The summed E-state index contributed by atoms with van der Waals surface area (Å²) in [7, 11) is 0. The normalized spacial score (nSPS) is 10.4. The number of para-hydroxylation sites is 1. The molecule has 0 aliphatic heterocycles. The minimum atomic E-state index is -0.456. The van der Waals surface area contributed by atoms with E-state index in [0.717, 1.165) is 16.5 Å². The highest BCUT2D eigenvalue weighted by molar-refractivity contribution is 6.30. The van der Waals surface area contributed by atoms with Crippen LogP contribution in [0.4, 0.5) is 0 Å². The van der Waals surface area contributed by atoms with E-state index in [-0.39, 0.29) is 18.9 Å². The van der Waals surface area contributed by atoms with Crippen LogP contribution in [-0.2, 0) is 16.0 Å². The van der Waals surface area contributed by atoms with Crippen molar-refractivity contribution in [3.05, 3.63) is 65.3 Å². The lowest BCUT2D eigenvalue weighted by Crippen LogP contribution is -2.44. The molecule has 6 nitrogen and oxygen atoms in total. The molecule has 0 fully saturated rings. The number of aromatic amines is 1. The van der Waals surface area contributed by atoms with Crippen molar-refractivity contribution in [3.8, 4) is 5.75 Å². The van der Waals surface area contributed by atoms with E-state index in [1.165, 1.54) is 0 Å². The third-order valence-corrected chi connectivity index (χ3v) is 3.80. The van der Waals surface area contributed by atoms with E-state index in [1.807, 2.05) is 24.3 Å². The molecule has 128 valence electrons. The Bertz CT molecular complexity index is 890. The number of nitrogens with one attached hydrogen (secondary N) is 3. The molecule has 0 aliphatic carbocycles. The SMILES string of the molecule is O=C(COc1ccc(Cl)cc1)NNC(=O)Cc1c[nH]c2ccccc12. The molecule has 0 atom stereocenters. The van der Waals surface area contributed by atoms with Crippen LogP contribution < -0.4 is 15.6 Å². The van der Waals surface area contributed by atoms with Crippen molar-refractivity contribution in [3.63, 3.8) is 0 Å². The Balaban J connectivity index is 1.45. The highest BCUT2D eigenvalue weighted by atomic mass is 35.5. The molecule has 0 radical (unpaired) electrons. The summed E-state index contributed by atoms with van der Waals surface area (Å²) in [6.07, 6.45) is 1.94. The molecule has 2 amide bonds. The van der Waals surface area contributed by atoms with Crippen LogP contribution in [0.5, 0.6) is 5.75 Å². The van der Waals surface area contributed by atoms with Crippen molar-refractivity contribution in [2.24, 2.45) is 0 Å². The Morgan fingerprint density at radius 3 is 2.52 bits per heavy atom. The standard InChI is InChI=1S/C18H16ClN3O3/c19-13-5-7-14(8-6-13)25-11-18(24)22-21-17(23)9-12-10-20-16-4-2-1-3-15(12)16/h1-8,10,20H,9,11H2,(H,21,23)(H,22,24). The first kappa shape index (κ1) is 16.9.